The average molecular weight is 274 g/mol. The van der Waals surface area contributed by atoms with Gasteiger partial charge in [0.1, 0.15) is 0 Å². The molecule has 1 saturated carbocycles. The van der Waals surface area contributed by atoms with E-state index in [1.165, 1.54) is 42.4 Å². The van der Waals surface area contributed by atoms with Gasteiger partial charge in [0.2, 0.25) is 0 Å². The monoisotopic (exact) mass is 274 g/mol. The molecule has 0 atom stereocenters. The van der Waals surface area contributed by atoms with Crippen molar-refractivity contribution in [1.82, 2.24) is 4.90 Å². The van der Waals surface area contributed by atoms with E-state index in [0.717, 1.165) is 12.6 Å². The highest BCUT2D eigenvalue weighted by Crippen LogP contribution is 2.36. The molecular formula is C18H30N2. The topological polar surface area (TPSA) is 29.3 Å². The maximum Gasteiger partial charge on any atom is 0.0236 e. The summed E-state index contributed by atoms with van der Waals surface area (Å²) in [5.41, 5.74) is 10.3. The quantitative estimate of drug-likeness (QED) is 0.903. The zero-order valence-corrected chi connectivity index (χ0v) is 13.6. The van der Waals surface area contributed by atoms with Crippen molar-refractivity contribution < 1.29 is 0 Å². The van der Waals surface area contributed by atoms with Gasteiger partial charge in [-0.3, -0.25) is 4.90 Å². The largest absolute Gasteiger partial charge is 0.326 e. The summed E-state index contributed by atoms with van der Waals surface area (Å²) >= 11 is 0. The van der Waals surface area contributed by atoms with Crippen molar-refractivity contribution in [3.05, 3.63) is 34.9 Å². The second kappa shape index (κ2) is 6.28. The summed E-state index contributed by atoms with van der Waals surface area (Å²) in [6.07, 6.45) is 5.38. The Morgan fingerprint density at radius 2 is 1.90 bits per heavy atom. The smallest absolute Gasteiger partial charge is 0.0236 e. The summed E-state index contributed by atoms with van der Waals surface area (Å²) in [7, 11) is 2.28. The fourth-order valence-corrected chi connectivity index (χ4v) is 3.28. The van der Waals surface area contributed by atoms with E-state index in [4.69, 9.17) is 5.73 Å². The van der Waals surface area contributed by atoms with Crippen LogP contribution < -0.4 is 5.73 Å². The van der Waals surface area contributed by atoms with Gasteiger partial charge in [0.25, 0.3) is 0 Å². The van der Waals surface area contributed by atoms with Gasteiger partial charge in [0.15, 0.2) is 0 Å². The predicted octanol–water partition coefficient (Wildman–Crippen LogP) is 3.85. The number of rotatable bonds is 4. The molecule has 2 heteroatoms. The van der Waals surface area contributed by atoms with E-state index in [1.807, 2.05) is 0 Å². The van der Waals surface area contributed by atoms with E-state index in [0.29, 0.717) is 12.0 Å². The lowest BCUT2D eigenvalue weighted by molar-refractivity contribution is 0.123. The molecule has 1 aromatic rings. The van der Waals surface area contributed by atoms with Gasteiger partial charge in [-0.2, -0.15) is 0 Å². The summed E-state index contributed by atoms with van der Waals surface area (Å²) < 4.78 is 0. The molecule has 20 heavy (non-hydrogen) atoms. The Hall–Kier alpha value is -0.860. The van der Waals surface area contributed by atoms with Crippen LogP contribution in [0.3, 0.4) is 0 Å². The highest BCUT2D eigenvalue weighted by Gasteiger charge is 2.28. The van der Waals surface area contributed by atoms with Crippen molar-refractivity contribution in [2.45, 2.75) is 65.6 Å². The molecule has 1 aromatic carbocycles. The Morgan fingerprint density at radius 1 is 1.25 bits per heavy atom. The first-order chi connectivity index (χ1) is 9.41. The summed E-state index contributed by atoms with van der Waals surface area (Å²) in [6.45, 7) is 8.70. The molecule has 0 amide bonds. The average Bonchev–Trinajstić information content (AvgIpc) is 2.40. The van der Waals surface area contributed by atoms with E-state index in [9.17, 15) is 0 Å². The van der Waals surface area contributed by atoms with Crippen LogP contribution >= 0.6 is 0 Å². The molecule has 1 aliphatic rings. The molecule has 0 radical (unpaired) electrons. The van der Waals surface area contributed by atoms with Gasteiger partial charge in [-0.1, -0.05) is 32.0 Å². The second-order valence-corrected chi connectivity index (χ2v) is 7.28. The predicted molar refractivity (Wildman–Crippen MR) is 86.6 cm³/mol. The Labute approximate surface area is 124 Å². The SMILES string of the molecule is Cc1cc(CN)ccc1CN(C)C1CCC(C)(C)CC1. The van der Waals surface area contributed by atoms with Gasteiger partial charge in [0.05, 0.1) is 0 Å². The Morgan fingerprint density at radius 3 is 2.45 bits per heavy atom. The van der Waals surface area contributed by atoms with Gasteiger partial charge in [-0.05, 0) is 61.8 Å². The number of nitrogens with zero attached hydrogens (tertiary/aromatic N) is 1. The third-order valence-corrected chi connectivity index (χ3v) is 4.99. The van der Waals surface area contributed by atoms with Gasteiger partial charge in [-0.25, -0.2) is 0 Å². The van der Waals surface area contributed by atoms with E-state index < -0.39 is 0 Å². The van der Waals surface area contributed by atoms with Gasteiger partial charge in [0, 0.05) is 19.1 Å². The van der Waals surface area contributed by atoms with Crippen LogP contribution in [0.25, 0.3) is 0 Å². The fraction of sp³-hybridized carbons (Fsp3) is 0.667. The van der Waals surface area contributed by atoms with E-state index >= 15 is 0 Å². The molecule has 2 rings (SSSR count). The van der Waals surface area contributed by atoms with Crippen LogP contribution in [0.1, 0.15) is 56.2 Å². The summed E-state index contributed by atoms with van der Waals surface area (Å²) in [4.78, 5) is 2.54. The highest BCUT2D eigenvalue weighted by atomic mass is 15.1. The first-order valence-corrected chi connectivity index (χ1v) is 7.90. The molecule has 112 valence electrons. The number of hydrogen-bond donors (Lipinski definition) is 1. The highest BCUT2D eigenvalue weighted by molar-refractivity contribution is 5.31. The molecule has 0 aliphatic heterocycles. The van der Waals surface area contributed by atoms with Crippen molar-refractivity contribution in [3.8, 4) is 0 Å². The van der Waals surface area contributed by atoms with E-state index in [1.54, 1.807) is 0 Å². The molecule has 0 saturated heterocycles. The third kappa shape index (κ3) is 3.83. The number of nitrogens with two attached hydrogens (primary N) is 1. The molecule has 0 bridgehead atoms. The molecule has 1 fully saturated rings. The van der Waals surface area contributed by atoms with Gasteiger partial charge in [-0.15, -0.1) is 0 Å². The number of hydrogen-bond acceptors (Lipinski definition) is 2. The maximum atomic E-state index is 5.70. The lowest BCUT2D eigenvalue weighted by Crippen LogP contribution is -2.36. The van der Waals surface area contributed by atoms with Gasteiger partial charge < -0.3 is 5.73 Å². The van der Waals surface area contributed by atoms with Crippen molar-refractivity contribution in [3.63, 3.8) is 0 Å². The normalized spacial score (nSPS) is 19.5. The van der Waals surface area contributed by atoms with Crippen LogP contribution in [0.2, 0.25) is 0 Å². The lowest BCUT2D eigenvalue weighted by Gasteiger charge is -2.38. The van der Waals surface area contributed by atoms with E-state index in [2.05, 4.69) is 50.9 Å². The molecule has 0 aromatic heterocycles. The van der Waals surface area contributed by atoms with Gasteiger partial charge >= 0.3 is 0 Å². The van der Waals surface area contributed by atoms with Crippen LogP contribution in [-0.2, 0) is 13.1 Å². The van der Waals surface area contributed by atoms with E-state index in [-0.39, 0.29) is 0 Å². The van der Waals surface area contributed by atoms with Crippen LogP contribution in [0.15, 0.2) is 18.2 Å². The van der Waals surface area contributed by atoms with Crippen molar-refractivity contribution in [1.29, 1.82) is 0 Å². The third-order valence-electron chi connectivity index (χ3n) is 4.99. The Kier molecular flexibility index (Phi) is 4.87. The van der Waals surface area contributed by atoms with Crippen LogP contribution in [0.4, 0.5) is 0 Å². The molecular weight excluding hydrogens is 244 g/mol. The first kappa shape index (κ1) is 15.5. The Balaban J connectivity index is 1.96. The minimum absolute atomic E-state index is 0.552. The molecule has 1 aliphatic carbocycles. The van der Waals surface area contributed by atoms with Crippen molar-refractivity contribution in [2.24, 2.45) is 11.1 Å². The fourth-order valence-electron chi connectivity index (χ4n) is 3.28. The van der Waals surface area contributed by atoms with Crippen molar-refractivity contribution >= 4 is 0 Å². The second-order valence-electron chi connectivity index (χ2n) is 7.28. The summed E-state index contributed by atoms with van der Waals surface area (Å²) in [5, 5.41) is 0. The zero-order valence-electron chi connectivity index (χ0n) is 13.6. The minimum Gasteiger partial charge on any atom is -0.326 e. The maximum absolute atomic E-state index is 5.70. The zero-order chi connectivity index (χ0) is 14.8. The molecule has 0 spiro atoms. The Bertz CT molecular complexity index is 441. The molecule has 2 nitrogen and oxygen atoms in total. The first-order valence-electron chi connectivity index (χ1n) is 7.90. The van der Waals surface area contributed by atoms with Crippen LogP contribution in [-0.4, -0.2) is 18.0 Å². The summed E-state index contributed by atoms with van der Waals surface area (Å²) in [6, 6.07) is 7.39. The van der Waals surface area contributed by atoms with Crippen molar-refractivity contribution in [2.75, 3.05) is 7.05 Å². The minimum atomic E-state index is 0.552. The number of aryl methyl sites for hydroxylation is 1. The molecule has 0 unspecified atom stereocenters. The standard InChI is InChI=1S/C18H30N2/c1-14-11-15(12-19)5-6-16(14)13-20(4)17-7-9-18(2,3)10-8-17/h5-6,11,17H,7-10,12-13,19H2,1-4H3. The summed E-state index contributed by atoms with van der Waals surface area (Å²) in [5.74, 6) is 0. The lowest BCUT2D eigenvalue weighted by atomic mass is 9.75. The van der Waals surface area contributed by atoms with Crippen LogP contribution in [0.5, 0.6) is 0 Å². The molecule has 2 N–H and O–H groups in total. The van der Waals surface area contributed by atoms with Crippen LogP contribution in [0, 0.1) is 12.3 Å². The number of benzene rings is 1. The molecule has 0 heterocycles.